The summed E-state index contributed by atoms with van der Waals surface area (Å²) in [7, 11) is 0. The van der Waals surface area contributed by atoms with E-state index in [1.807, 2.05) is 5.38 Å². The van der Waals surface area contributed by atoms with Crippen molar-refractivity contribution in [2.75, 3.05) is 0 Å². The van der Waals surface area contributed by atoms with Crippen molar-refractivity contribution in [3.8, 4) is 0 Å². The van der Waals surface area contributed by atoms with Crippen LogP contribution in [0.2, 0.25) is 0 Å². The quantitative estimate of drug-likeness (QED) is 0.915. The van der Waals surface area contributed by atoms with Crippen LogP contribution in [0.1, 0.15) is 43.5 Å². The second-order valence-corrected chi connectivity index (χ2v) is 6.55. The Morgan fingerprint density at radius 1 is 1.21 bits per heavy atom. The lowest BCUT2D eigenvalue weighted by molar-refractivity contribution is -0.185. The summed E-state index contributed by atoms with van der Waals surface area (Å²) < 4.78 is 38.3. The molecular formula is C13H17F3N2S. The lowest BCUT2D eigenvalue weighted by Crippen LogP contribution is -2.47. The van der Waals surface area contributed by atoms with Crippen molar-refractivity contribution < 1.29 is 13.2 Å². The van der Waals surface area contributed by atoms with E-state index in [1.165, 1.54) is 0 Å². The van der Waals surface area contributed by atoms with Gasteiger partial charge < -0.3 is 5.32 Å². The Kier molecular flexibility index (Phi) is 3.33. The first-order chi connectivity index (χ1) is 9.00. The smallest absolute Gasteiger partial charge is 0.303 e. The molecule has 1 aromatic rings. The number of halogens is 3. The molecule has 2 saturated carbocycles. The second-order valence-electron chi connectivity index (χ2n) is 5.65. The van der Waals surface area contributed by atoms with Crippen LogP contribution in [0, 0.1) is 5.92 Å². The van der Waals surface area contributed by atoms with Crippen LogP contribution in [-0.4, -0.2) is 17.2 Å². The summed E-state index contributed by atoms with van der Waals surface area (Å²) in [6.07, 6.45) is 1.47. The normalized spacial score (nSPS) is 32.5. The highest BCUT2D eigenvalue weighted by molar-refractivity contribution is 7.09. The van der Waals surface area contributed by atoms with Gasteiger partial charge in [-0.2, -0.15) is 13.2 Å². The number of aromatic nitrogens is 1. The minimum atomic E-state index is -4.05. The first kappa shape index (κ1) is 13.4. The molecule has 2 aliphatic carbocycles. The van der Waals surface area contributed by atoms with E-state index in [1.54, 1.807) is 17.5 Å². The zero-order valence-electron chi connectivity index (χ0n) is 10.5. The molecule has 2 fully saturated rings. The van der Waals surface area contributed by atoms with Gasteiger partial charge in [0, 0.05) is 17.6 Å². The van der Waals surface area contributed by atoms with Crippen LogP contribution in [0.15, 0.2) is 11.6 Å². The van der Waals surface area contributed by atoms with E-state index in [2.05, 4.69) is 10.3 Å². The minimum absolute atomic E-state index is 0.211. The van der Waals surface area contributed by atoms with Crippen molar-refractivity contribution in [3.63, 3.8) is 0 Å². The lowest BCUT2D eigenvalue weighted by atomic mass is 9.76. The van der Waals surface area contributed by atoms with Crippen LogP contribution in [0.4, 0.5) is 13.2 Å². The van der Waals surface area contributed by atoms with Crippen molar-refractivity contribution >= 4 is 11.3 Å². The van der Waals surface area contributed by atoms with Crippen LogP contribution in [0.25, 0.3) is 0 Å². The van der Waals surface area contributed by atoms with Gasteiger partial charge in [0.1, 0.15) is 5.01 Å². The van der Waals surface area contributed by atoms with Crippen molar-refractivity contribution in [2.45, 2.75) is 56.3 Å². The van der Waals surface area contributed by atoms with Crippen LogP contribution in [0.3, 0.4) is 0 Å². The molecule has 0 spiro atoms. The zero-order valence-corrected chi connectivity index (χ0v) is 11.4. The SMILES string of the molecule is FC(F)(F)C1CCC(NC2CC2)(c2nccs2)CC1. The Hall–Kier alpha value is -0.620. The molecule has 0 amide bonds. The lowest BCUT2D eigenvalue weighted by Gasteiger charge is -2.40. The number of nitrogens with zero attached hydrogens (tertiary/aromatic N) is 1. The van der Waals surface area contributed by atoms with Crippen LogP contribution >= 0.6 is 11.3 Å². The van der Waals surface area contributed by atoms with Gasteiger partial charge >= 0.3 is 6.18 Å². The maximum atomic E-state index is 12.8. The van der Waals surface area contributed by atoms with Crippen molar-refractivity contribution in [1.29, 1.82) is 0 Å². The summed E-state index contributed by atoms with van der Waals surface area (Å²) in [5.41, 5.74) is -0.308. The second kappa shape index (κ2) is 4.74. The number of hydrogen-bond acceptors (Lipinski definition) is 3. The highest BCUT2D eigenvalue weighted by Crippen LogP contribution is 2.46. The summed E-state index contributed by atoms with van der Waals surface area (Å²) in [4.78, 5) is 4.35. The molecule has 2 aliphatic rings. The molecule has 6 heteroatoms. The maximum absolute atomic E-state index is 12.8. The summed E-state index contributed by atoms with van der Waals surface area (Å²) in [5.74, 6) is -1.14. The van der Waals surface area contributed by atoms with E-state index in [0.29, 0.717) is 18.9 Å². The topological polar surface area (TPSA) is 24.9 Å². The average Bonchev–Trinajstić information content (AvgIpc) is 2.98. The van der Waals surface area contributed by atoms with Gasteiger partial charge in [-0.05, 0) is 38.5 Å². The van der Waals surface area contributed by atoms with Gasteiger partial charge in [-0.15, -0.1) is 11.3 Å². The molecule has 1 N–H and O–H groups in total. The number of thiazole rings is 1. The molecule has 0 radical (unpaired) electrons. The molecule has 0 bridgehead atoms. The molecule has 0 aliphatic heterocycles. The minimum Gasteiger partial charge on any atom is -0.303 e. The van der Waals surface area contributed by atoms with E-state index in [0.717, 1.165) is 17.8 Å². The van der Waals surface area contributed by atoms with Crippen molar-refractivity contribution in [3.05, 3.63) is 16.6 Å². The molecule has 0 aromatic carbocycles. The average molecular weight is 290 g/mol. The summed E-state index contributed by atoms with van der Waals surface area (Å²) >= 11 is 1.55. The van der Waals surface area contributed by atoms with Crippen molar-refractivity contribution in [1.82, 2.24) is 10.3 Å². The third kappa shape index (κ3) is 2.79. The van der Waals surface area contributed by atoms with E-state index in [4.69, 9.17) is 0 Å². The molecule has 19 heavy (non-hydrogen) atoms. The Bertz CT molecular complexity index is 418. The Labute approximate surface area is 114 Å². The molecule has 3 rings (SSSR count). The standard InChI is InChI=1S/C13H17F3N2S/c14-13(15,16)9-3-5-12(6-4-9,18-10-1-2-10)11-17-7-8-19-11/h7-10,18H,1-6H2. The van der Waals surface area contributed by atoms with Crippen LogP contribution < -0.4 is 5.32 Å². The highest BCUT2D eigenvalue weighted by atomic mass is 32.1. The molecule has 1 aromatic heterocycles. The third-order valence-electron chi connectivity index (χ3n) is 4.20. The Morgan fingerprint density at radius 2 is 1.89 bits per heavy atom. The fraction of sp³-hybridized carbons (Fsp3) is 0.769. The monoisotopic (exact) mass is 290 g/mol. The number of alkyl halides is 3. The van der Waals surface area contributed by atoms with Gasteiger partial charge in [0.15, 0.2) is 0 Å². The molecule has 2 nitrogen and oxygen atoms in total. The molecular weight excluding hydrogens is 273 g/mol. The predicted molar refractivity (Wildman–Crippen MR) is 68.0 cm³/mol. The predicted octanol–water partition coefficient (Wildman–Crippen LogP) is 3.84. The molecule has 1 heterocycles. The van der Waals surface area contributed by atoms with Gasteiger partial charge in [0.05, 0.1) is 11.5 Å². The first-order valence-electron chi connectivity index (χ1n) is 6.74. The number of nitrogens with one attached hydrogen (secondary N) is 1. The first-order valence-corrected chi connectivity index (χ1v) is 7.62. The fourth-order valence-electron chi connectivity index (χ4n) is 2.94. The molecule has 0 atom stereocenters. The number of rotatable bonds is 3. The fourth-order valence-corrected chi connectivity index (χ4v) is 3.80. The summed E-state index contributed by atoms with van der Waals surface area (Å²) in [6.45, 7) is 0. The van der Waals surface area contributed by atoms with E-state index < -0.39 is 12.1 Å². The highest BCUT2D eigenvalue weighted by Gasteiger charge is 2.48. The Balaban J connectivity index is 1.76. The molecule has 0 saturated heterocycles. The zero-order chi connectivity index (χ0) is 13.5. The van der Waals surface area contributed by atoms with Gasteiger partial charge in [0.25, 0.3) is 0 Å². The van der Waals surface area contributed by atoms with E-state index in [9.17, 15) is 13.2 Å². The molecule has 0 unspecified atom stereocenters. The van der Waals surface area contributed by atoms with Crippen molar-refractivity contribution in [2.24, 2.45) is 5.92 Å². The van der Waals surface area contributed by atoms with E-state index >= 15 is 0 Å². The van der Waals surface area contributed by atoms with Gasteiger partial charge in [-0.25, -0.2) is 4.98 Å². The third-order valence-corrected chi connectivity index (χ3v) is 5.18. The van der Waals surface area contributed by atoms with Crippen LogP contribution in [0.5, 0.6) is 0 Å². The maximum Gasteiger partial charge on any atom is 0.391 e. The van der Waals surface area contributed by atoms with Crippen LogP contribution in [-0.2, 0) is 5.54 Å². The van der Waals surface area contributed by atoms with Gasteiger partial charge in [0.2, 0.25) is 0 Å². The number of hydrogen-bond donors (Lipinski definition) is 1. The summed E-state index contributed by atoms with van der Waals surface area (Å²) in [5, 5.41) is 6.42. The molecule has 106 valence electrons. The summed E-state index contributed by atoms with van der Waals surface area (Å²) in [6, 6.07) is 0.478. The van der Waals surface area contributed by atoms with Gasteiger partial charge in [-0.1, -0.05) is 0 Å². The van der Waals surface area contributed by atoms with Gasteiger partial charge in [-0.3, -0.25) is 0 Å². The largest absolute Gasteiger partial charge is 0.391 e. The Morgan fingerprint density at radius 3 is 2.37 bits per heavy atom. The van der Waals surface area contributed by atoms with E-state index in [-0.39, 0.29) is 18.4 Å².